The van der Waals surface area contributed by atoms with Gasteiger partial charge in [0, 0.05) is 29.0 Å². The first-order valence-corrected chi connectivity index (χ1v) is 11.5. The highest BCUT2D eigenvalue weighted by molar-refractivity contribution is 7.80. The van der Waals surface area contributed by atoms with Crippen LogP contribution in [0.1, 0.15) is 40.3 Å². The van der Waals surface area contributed by atoms with Crippen molar-refractivity contribution in [3.8, 4) is 5.69 Å². The SMILES string of the molecule is Cc1cc(N2C(=S)NC(c3ccccn3)C2c2cc(C)n(-c3ccc(F)cc3)c2C)ccc1F. The monoisotopic (exact) mass is 474 g/mol. The van der Waals surface area contributed by atoms with Gasteiger partial charge in [-0.2, -0.15) is 0 Å². The highest BCUT2D eigenvalue weighted by atomic mass is 32.1. The number of hydrogen-bond acceptors (Lipinski definition) is 2. The van der Waals surface area contributed by atoms with Crippen molar-refractivity contribution in [2.24, 2.45) is 0 Å². The molecule has 1 aliphatic rings. The van der Waals surface area contributed by atoms with Crippen LogP contribution >= 0.6 is 12.2 Å². The zero-order chi connectivity index (χ0) is 24.0. The predicted octanol–water partition coefficient (Wildman–Crippen LogP) is 6.25. The third-order valence-electron chi connectivity index (χ3n) is 6.39. The minimum absolute atomic E-state index is 0.207. The number of aromatic nitrogens is 2. The zero-order valence-electron chi connectivity index (χ0n) is 19.1. The number of rotatable bonds is 4. The average Bonchev–Trinajstić information content (AvgIpc) is 3.32. The summed E-state index contributed by atoms with van der Waals surface area (Å²) >= 11 is 5.79. The summed E-state index contributed by atoms with van der Waals surface area (Å²) in [5.41, 5.74) is 6.21. The second-order valence-electron chi connectivity index (χ2n) is 8.57. The summed E-state index contributed by atoms with van der Waals surface area (Å²) in [5, 5.41) is 4.00. The quantitative estimate of drug-likeness (QED) is 0.354. The van der Waals surface area contributed by atoms with Crippen molar-refractivity contribution in [3.63, 3.8) is 0 Å². The van der Waals surface area contributed by atoms with Crippen LogP contribution in [0.5, 0.6) is 0 Å². The van der Waals surface area contributed by atoms with Crippen LogP contribution in [-0.2, 0) is 0 Å². The maximum absolute atomic E-state index is 14.1. The van der Waals surface area contributed by atoms with Gasteiger partial charge in [0.15, 0.2) is 5.11 Å². The number of anilines is 1. The molecule has 4 nitrogen and oxygen atoms in total. The number of aryl methyl sites for hydroxylation is 2. The Morgan fingerprint density at radius 1 is 0.912 bits per heavy atom. The van der Waals surface area contributed by atoms with Crippen molar-refractivity contribution in [3.05, 3.63) is 113 Å². The fourth-order valence-corrected chi connectivity index (χ4v) is 5.15. The standard InChI is InChI=1S/C27H24F2N4S/c1-16-14-21(11-12-23(16)29)33-26(25(31-27(33)34)24-6-4-5-13-30-24)22-15-17(2)32(18(22)3)20-9-7-19(28)8-10-20/h4-15,25-26H,1-3H3,(H,31,34). The van der Waals surface area contributed by atoms with Gasteiger partial charge in [0.25, 0.3) is 0 Å². The maximum Gasteiger partial charge on any atom is 0.174 e. The molecule has 3 heterocycles. The third-order valence-corrected chi connectivity index (χ3v) is 6.71. The molecule has 2 aromatic carbocycles. The summed E-state index contributed by atoms with van der Waals surface area (Å²) in [6, 6.07) is 19.0. The molecule has 0 amide bonds. The van der Waals surface area contributed by atoms with Crippen LogP contribution in [0.4, 0.5) is 14.5 Å². The number of thiocarbonyl (C=S) groups is 1. The van der Waals surface area contributed by atoms with Crippen molar-refractivity contribution in [2.75, 3.05) is 4.90 Å². The molecule has 2 aromatic heterocycles. The molecule has 1 fully saturated rings. The molecule has 0 saturated carbocycles. The van der Waals surface area contributed by atoms with Crippen LogP contribution in [0, 0.1) is 32.4 Å². The summed E-state index contributed by atoms with van der Waals surface area (Å²) in [6.07, 6.45) is 1.77. The second-order valence-corrected chi connectivity index (χ2v) is 8.96. The molecule has 4 aromatic rings. The number of benzene rings is 2. The van der Waals surface area contributed by atoms with E-state index in [4.69, 9.17) is 12.2 Å². The van der Waals surface area contributed by atoms with E-state index in [1.54, 1.807) is 31.3 Å². The number of halogens is 2. The molecule has 0 spiro atoms. The molecular formula is C27H24F2N4S. The molecule has 0 aliphatic carbocycles. The molecule has 7 heteroatoms. The molecule has 172 valence electrons. The summed E-state index contributed by atoms with van der Waals surface area (Å²) < 4.78 is 29.7. The van der Waals surface area contributed by atoms with Gasteiger partial charge in [0.1, 0.15) is 11.6 Å². The molecule has 2 unspecified atom stereocenters. The smallest absolute Gasteiger partial charge is 0.174 e. The van der Waals surface area contributed by atoms with Crippen molar-refractivity contribution in [2.45, 2.75) is 32.9 Å². The molecule has 5 rings (SSSR count). The van der Waals surface area contributed by atoms with E-state index >= 15 is 0 Å². The lowest BCUT2D eigenvalue weighted by Gasteiger charge is -2.28. The van der Waals surface area contributed by atoms with Crippen LogP contribution in [0.25, 0.3) is 5.69 Å². The third kappa shape index (κ3) is 3.76. The van der Waals surface area contributed by atoms with Gasteiger partial charge in [-0.3, -0.25) is 4.98 Å². The fraction of sp³-hybridized carbons (Fsp3) is 0.185. The number of hydrogen-bond donors (Lipinski definition) is 1. The Bertz CT molecular complexity index is 1370. The van der Waals surface area contributed by atoms with E-state index in [0.29, 0.717) is 10.7 Å². The van der Waals surface area contributed by atoms with Gasteiger partial charge >= 0.3 is 0 Å². The number of nitrogens with zero attached hydrogens (tertiary/aromatic N) is 3. The molecule has 1 saturated heterocycles. The van der Waals surface area contributed by atoms with Crippen molar-refractivity contribution < 1.29 is 8.78 Å². The van der Waals surface area contributed by atoms with Crippen molar-refractivity contribution >= 4 is 23.0 Å². The summed E-state index contributed by atoms with van der Waals surface area (Å²) in [7, 11) is 0. The largest absolute Gasteiger partial charge is 0.351 e. The first-order chi connectivity index (χ1) is 16.3. The summed E-state index contributed by atoms with van der Waals surface area (Å²) in [6.45, 7) is 5.83. The van der Waals surface area contributed by atoms with Crippen LogP contribution in [-0.4, -0.2) is 14.7 Å². The van der Waals surface area contributed by atoms with Crippen LogP contribution < -0.4 is 10.2 Å². The highest BCUT2D eigenvalue weighted by Crippen LogP contribution is 2.44. The highest BCUT2D eigenvalue weighted by Gasteiger charge is 2.42. The Hall–Kier alpha value is -3.58. The molecule has 1 N–H and O–H groups in total. The van der Waals surface area contributed by atoms with Crippen LogP contribution in [0.15, 0.2) is 72.9 Å². The van der Waals surface area contributed by atoms with E-state index in [9.17, 15) is 8.78 Å². The van der Waals surface area contributed by atoms with Crippen LogP contribution in [0.2, 0.25) is 0 Å². The second kappa shape index (κ2) is 8.65. The summed E-state index contributed by atoms with van der Waals surface area (Å²) in [4.78, 5) is 6.64. The lowest BCUT2D eigenvalue weighted by Crippen LogP contribution is -2.29. The Balaban J connectivity index is 1.68. The number of pyridine rings is 1. The Labute approximate surface area is 202 Å². The average molecular weight is 475 g/mol. The van der Waals surface area contributed by atoms with E-state index < -0.39 is 0 Å². The maximum atomic E-state index is 14.1. The summed E-state index contributed by atoms with van der Waals surface area (Å²) in [5.74, 6) is -0.529. The van der Waals surface area contributed by atoms with Crippen molar-refractivity contribution in [1.82, 2.24) is 14.9 Å². The lowest BCUT2D eigenvalue weighted by molar-refractivity contribution is 0.564. The predicted molar refractivity (Wildman–Crippen MR) is 134 cm³/mol. The Morgan fingerprint density at radius 2 is 1.65 bits per heavy atom. The van der Waals surface area contributed by atoms with Gasteiger partial charge in [-0.15, -0.1) is 0 Å². The zero-order valence-corrected chi connectivity index (χ0v) is 19.9. The fourth-order valence-electron chi connectivity index (χ4n) is 4.80. The number of nitrogens with one attached hydrogen (secondary N) is 1. The Kier molecular flexibility index (Phi) is 5.65. The van der Waals surface area contributed by atoms with E-state index in [-0.39, 0.29) is 23.7 Å². The first-order valence-electron chi connectivity index (χ1n) is 11.1. The first kappa shape index (κ1) is 22.2. The molecule has 1 aliphatic heterocycles. The van der Waals surface area contributed by atoms with Gasteiger partial charge in [0.2, 0.25) is 0 Å². The van der Waals surface area contributed by atoms with Gasteiger partial charge < -0.3 is 14.8 Å². The van der Waals surface area contributed by atoms with Gasteiger partial charge in [-0.05, 0) is 105 Å². The van der Waals surface area contributed by atoms with E-state index in [1.807, 2.05) is 36.1 Å². The van der Waals surface area contributed by atoms with E-state index in [0.717, 1.165) is 34.0 Å². The van der Waals surface area contributed by atoms with E-state index in [1.165, 1.54) is 18.2 Å². The molecular weight excluding hydrogens is 450 g/mol. The van der Waals surface area contributed by atoms with Crippen LogP contribution in [0.3, 0.4) is 0 Å². The molecule has 0 bridgehead atoms. The van der Waals surface area contributed by atoms with E-state index in [2.05, 4.69) is 27.9 Å². The normalized spacial score (nSPS) is 17.8. The lowest BCUT2D eigenvalue weighted by atomic mass is 9.96. The molecule has 0 radical (unpaired) electrons. The van der Waals surface area contributed by atoms with Gasteiger partial charge in [-0.25, -0.2) is 8.78 Å². The van der Waals surface area contributed by atoms with Gasteiger partial charge in [-0.1, -0.05) is 6.07 Å². The van der Waals surface area contributed by atoms with Gasteiger partial charge in [0.05, 0.1) is 17.8 Å². The molecule has 34 heavy (non-hydrogen) atoms. The topological polar surface area (TPSA) is 33.1 Å². The minimum atomic E-state index is -0.273. The van der Waals surface area contributed by atoms with Crippen molar-refractivity contribution in [1.29, 1.82) is 0 Å². The Morgan fingerprint density at radius 3 is 2.32 bits per heavy atom. The minimum Gasteiger partial charge on any atom is -0.351 e. The molecule has 2 atom stereocenters.